The molecule has 22 heavy (non-hydrogen) atoms. The summed E-state index contributed by atoms with van der Waals surface area (Å²) in [5.74, 6) is -0.0414. The fourth-order valence-corrected chi connectivity index (χ4v) is 4.20. The molecule has 2 heterocycles. The van der Waals surface area contributed by atoms with Gasteiger partial charge in [-0.1, -0.05) is 18.5 Å². The molecule has 0 atom stereocenters. The second-order valence-corrected chi connectivity index (χ2v) is 8.12. The van der Waals surface area contributed by atoms with Gasteiger partial charge in [-0.05, 0) is 18.2 Å². The number of imidazole rings is 1. The molecule has 3 rings (SSSR count). The highest BCUT2D eigenvalue weighted by molar-refractivity contribution is 7.91. The standard InChI is InChI=1S/C14H11ClN2O3S2/c1-2-22(19,20)12-4-3-9(15)7-10(12)13-11(8-18)17-5-6-21-14(17)16-13/h3-8H,2H2,1H3. The predicted octanol–water partition coefficient (Wildman–Crippen LogP) is 3.32. The SMILES string of the molecule is CCS(=O)(=O)c1ccc(Cl)cc1-c1nc2sccn2c1C=O. The van der Waals surface area contributed by atoms with Crippen LogP contribution in [0.3, 0.4) is 0 Å². The van der Waals surface area contributed by atoms with Crippen LogP contribution in [-0.4, -0.2) is 29.8 Å². The summed E-state index contributed by atoms with van der Waals surface area (Å²) in [4.78, 5) is 16.6. The molecule has 0 saturated heterocycles. The normalized spacial score (nSPS) is 11.9. The Bertz CT molecular complexity index is 973. The van der Waals surface area contributed by atoms with Gasteiger partial charge in [0.05, 0.1) is 10.6 Å². The summed E-state index contributed by atoms with van der Waals surface area (Å²) in [6.45, 7) is 1.57. The summed E-state index contributed by atoms with van der Waals surface area (Å²) in [6.07, 6.45) is 2.39. The average molecular weight is 355 g/mol. The number of fused-ring (bicyclic) bond motifs is 1. The van der Waals surface area contributed by atoms with E-state index in [1.165, 1.54) is 29.5 Å². The van der Waals surface area contributed by atoms with Crippen LogP contribution in [-0.2, 0) is 9.84 Å². The average Bonchev–Trinajstić information content (AvgIpc) is 3.06. The molecular formula is C14H11ClN2O3S2. The van der Waals surface area contributed by atoms with Crippen molar-refractivity contribution in [1.29, 1.82) is 0 Å². The zero-order chi connectivity index (χ0) is 15.9. The summed E-state index contributed by atoms with van der Waals surface area (Å²) in [5, 5.41) is 2.19. The van der Waals surface area contributed by atoms with Gasteiger partial charge in [-0.15, -0.1) is 11.3 Å². The Hall–Kier alpha value is -1.70. The maximum absolute atomic E-state index is 12.3. The lowest BCUT2D eigenvalue weighted by Crippen LogP contribution is -2.06. The van der Waals surface area contributed by atoms with E-state index in [2.05, 4.69) is 4.98 Å². The number of carbonyl (C=O) groups excluding carboxylic acids is 1. The number of carbonyl (C=O) groups is 1. The molecule has 0 spiro atoms. The largest absolute Gasteiger partial charge is 0.296 e. The molecule has 0 fully saturated rings. The van der Waals surface area contributed by atoms with Crippen molar-refractivity contribution in [2.45, 2.75) is 11.8 Å². The van der Waals surface area contributed by atoms with Gasteiger partial charge in [-0.2, -0.15) is 0 Å². The number of thiazole rings is 1. The number of hydrogen-bond acceptors (Lipinski definition) is 5. The van der Waals surface area contributed by atoms with Gasteiger partial charge < -0.3 is 0 Å². The fraction of sp³-hybridized carbons (Fsp3) is 0.143. The highest BCUT2D eigenvalue weighted by Gasteiger charge is 2.23. The highest BCUT2D eigenvalue weighted by Crippen LogP contribution is 2.33. The minimum Gasteiger partial charge on any atom is -0.296 e. The van der Waals surface area contributed by atoms with E-state index in [4.69, 9.17) is 11.6 Å². The Morgan fingerprint density at radius 3 is 2.86 bits per heavy atom. The molecule has 114 valence electrons. The molecule has 3 aromatic rings. The van der Waals surface area contributed by atoms with Gasteiger partial charge in [0.15, 0.2) is 21.1 Å². The second kappa shape index (κ2) is 5.49. The Kier molecular flexibility index (Phi) is 3.80. The van der Waals surface area contributed by atoms with Crippen molar-refractivity contribution in [1.82, 2.24) is 9.38 Å². The molecule has 2 aromatic heterocycles. The molecule has 0 radical (unpaired) electrons. The number of halogens is 1. The molecule has 0 bridgehead atoms. The first kappa shape index (κ1) is 15.2. The predicted molar refractivity (Wildman–Crippen MR) is 86.6 cm³/mol. The minimum absolute atomic E-state index is 0.0414. The number of hydrogen-bond donors (Lipinski definition) is 0. The van der Waals surface area contributed by atoms with Crippen molar-refractivity contribution >= 4 is 44.0 Å². The number of aldehydes is 1. The van der Waals surface area contributed by atoms with Crippen molar-refractivity contribution in [3.8, 4) is 11.3 Å². The third-order valence-electron chi connectivity index (χ3n) is 3.32. The molecule has 0 aliphatic rings. The van der Waals surface area contributed by atoms with Gasteiger partial charge in [0.25, 0.3) is 0 Å². The molecule has 0 aliphatic carbocycles. The van der Waals surface area contributed by atoms with Crippen molar-refractivity contribution in [3.63, 3.8) is 0 Å². The number of rotatable bonds is 4. The van der Waals surface area contributed by atoms with E-state index in [1.54, 1.807) is 22.9 Å². The molecule has 0 aliphatic heterocycles. The molecule has 0 amide bonds. The van der Waals surface area contributed by atoms with Gasteiger partial charge in [0, 0.05) is 22.2 Å². The van der Waals surface area contributed by atoms with E-state index in [-0.39, 0.29) is 10.6 Å². The maximum atomic E-state index is 12.3. The molecule has 0 unspecified atom stereocenters. The lowest BCUT2D eigenvalue weighted by Gasteiger charge is -2.08. The highest BCUT2D eigenvalue weighted by atomic mass is 35.5. The Balaban J connectivity index is 2.37. The summed E-state index contributed by atoms with van der Waals surface area (Å²) in [6, 6.07) is 4.51. The maximum Gasteiger partial charge on any atom is 0.194 e. The molecule has 5 nitrogen and oxygen atoms in total. The van der Waals surface area contributed by atoms with E-state index < -0.39 is 9.84 Å². The van der Waals surface area contributed by atoms with Crippen molar-refractivity contribution in [3.05, 3.63) is 40.5 Å². The van der Waals surface area contributed by atoms with Crippen molar-refractivity contribution in [2.75, 3.05) is 5.75 Å². The lowest BCUT2D eigenvalue weighted by molar-refractivity contribution is 0.111. The smallest absolute Gasteiger partial charge is 0.194 e. The van der Waals surface area contributed by atoms with Crippen LogP contribution in [0, 0.1) is 0 Å². The molecule has 8 heteroatoms. The van der Waals surface area contributed by atoms with Crippen LogP contribution in [0.25, 0.3) is 16.2 Å². The Morgan fingerprint density at radius 1 is 1.41 bits per heavy atom. The third kappa shape index (κ3) is 2.35. The fourth-order valence-electron chi connectivity index (χ4n) is 2.23. The number of aromatic nitrogens is 2. The minimum atomic E-state index is -3.46. The van der Waals surface area contributed by atoms with E-state index in [0.717, 1.165) is 0 Å². The van der Waals surface area contributed by atoms with Crippen LogP contribution in [0.4, 0.5) is 0 Å². The molecule has 0 saturated carbocycles. The zero-order valence-corrected chi connectivity index (χ0v) is 13.9. The van der Waals surface area contributed by atoms with Gasteiger partial charge in [-0.25, -0.2) is 13.4 Å². The van der Waals surface area contributed by atoms with Gasteiger partial charge >= 0.3 is 0 Å². The van der Waals surface area contributed by atoms with Crippen LogP contribution in [0.1, 0.15) is 17.4 Å². The van der Waals surface area contributed by atoms with Crippen LogP contribution in [0.2, 0.25) is 5.02 Å². The van der Waals surface area contributed by atoms with E-state index in [0.29, 0.717) is 33.2 Å². The van der Waals surface area contributed by atoms with Gasteiger partial charge in [-0.3, -0.25) is 9.20 Å². The lowest BCUT2D eigenvalue weighted by atomic mass is 10.1. The first-order chi connectivity index (χ1) is 10.5. The zero-order valence-electron chi connectivity index (χ0n) is 11.5. The number of benzene rings is 1. The first-order valence-electron chi connectivity index (χ1n) is 6.41. The summed E-state index contributed by atoms with van der Waals surface area (Å²) in [5.41, 5.74) is 0.995. The van der Waals surface area contributed by atoms with E-state index in [1.807, 2.05) is 0 Å². The molecular weight excluding hydrogens is 344 g/mol. The molecule has 1 aromatic carbocycles. The van der Waals surface area contributed by atoms with Crippen molar-refractivity contribution in [2.24, 2.45) is 0 Å². The van der Waals surface area contributed by atoms with Crippen LogP contribution < -0.4 is 0 Å². The van der Waals surface area contributed by atoms with Gasteiger partial charge in [0.2, 0.25) is 0 Å². The number of sulfone groups is 1. The summed E-state index contributed by atoms with van der Waals surface area (Å²) >= 11 is 7.38. The Labute approximate surface area is 136 Å². The summed E-state index contributed by atoms with van der Waals surface area (Å²) < 4.78 is 26.2. The summed E-state index contributed by atoms with van der Waals surface area (Å²) in [7, 11) is -3.46. The van der Waals surface area contributed by atoms with Gasteiger partial charge in [0.1, 0.15) is 11.4 Å². The van der Waals surface area contributed by atoms with Crippen LogP contribution in [0.5, 0.6) is 0 Å². The quantitative estimate of drug-likeness (QED) is 0.674. The van der Waals surface area contributed by atoms with Crippen LogP contribution in [0.15, 0.2) is 34.7 Å². The second-order valence-electron chi connectivity index (χ2n) is 4.56. The topological polar surface area (TPSA) is 68.5 Å². The monoisotopic (exact) mass is 354 g/mol. The first-order valence-corrected chi connectivity index (χ1v) is 9.32. The van der Waals surface area contributed by atoms with Crippen LogP contribution >= 0.6 is 22.9 Å². The van der Waals surface area contributed by atoms with E-state index in [9.17, 15) is 13.2 Å². The van der Waals surface area contributed by atoms with Crippen molar-refractivity contribution < 1.29 is 13.2 Å². The molecule has 0 N–H and O–H groups in total. The third-order valence-corrected chi connectivity index (χ3v) is 6.10. The van der Waals surface area contributed by atoms with E-state index >= 15 is 0 Å². The Morgan fingerprint density at radius 2 is 2.18 bits per heavy atom. The number of nitrogens with zero attached hydrogens (tertiary/aromatic N) is 2.